The van der Waals surface area contributed by atoms with Crippen LogP contribution in [0.2, 0.25) is 0 Å². The first-order chi connectivity index (χ1) is 6.49. The quantitative estimate of drug-likeness (QED) is 0.470. The number of nitrogens with zero attached hydrogens (tertiary/aromatic N) is 2. The first kappa shape index (κ1) is 12.9. The number of amides is 1. The lowest BCUT2D eigenvalue weighted by atomic mass is 10.3. The molecule has 0 aliphatic carbocycles. The van der Waals surface area contributed by atoms with Gasteiger partial charge in [-0.2, -0.15) is 0 Å². The molecule has 3 nitrogen and oxygen atoms in total. The summed E-state index contributed by atoms with van der Waals surface area (Å²) in [6.45, 7) is 11.2. The highest BCUT2D eigenvalue weighted by Crippen LogP contribution is 1.99. The highest BCUT2D eigenvalue weighted by atomic mass is 16.2. The summed E-state index contributed by atoms with van der Waals surface area (Å²) in [5.74, 6) is 0.00625. The van der Waals surface area contributed by atoms with Crippen LogP contribution in [0.1, 0.15) is 6.92 Å². The van der Waals surface area contributed by atoms with Crippen LogP contribution < -0.4 is 0 Å². The van der Waals surface area contributed by atoms with Crippen molar-refractivity contribution in [3.63, 3.8) is 0 Å². The van der Waals surface area contributed by atoms with Crippen LogP contribution in [0, 0.1) is 0 Å². The molecule has 14 heavy (non-hydrogen) atoms. The molecule has 0 heterocycles. The van der Waals surface area contributed by atoms with Crippen LogP contribution in [-0.2, 0) is 4.79 Å². The third-order valence-corrected chi connectivity index (χ3v) is 1.82. The molecular formula is C11H20N2O. The van der Waals surface area contributed by atoms with Crippen LogP contribution in [-0.4, -0.2) is 49.4 Å². The predicted molar refractivity (Wildman–Crippen MR) is 60.1 cm³/mol. The van der Waals surface area contributed by atoms with E-state index in [0.717, 1.165) is 6.54 Å². The highest BCUT2D eigenvalue weighted by Gasteiger charge is 2.11. The van der Waals surface area contributed by atoms with E-state index in [0.29, 0.717) is 18.7 Å². The summed E-state index contributed by atoms with van der Waals surface area (Å²) in [7, 11) is 3.97. The van der Waals surface area contributed by atoms with E-state index in [1.54, 1.807) is 17.9 Å². The van der Waals surface area contributed by atoms with Crippen LogP contribution in [0.4, 0.5) is 0 Å². The molecule has 0 aromatic heterocycles. The second kappa shape index (κ2) is 6.38. The Hall–Kier alpha value is -1.09. The second-order valence-corrected chi connectivity index (χ2v) is 3.62. The average molecular weight is 196 g/mol. The zero-order valence-electron chi connectivity index (χ0n) is 9.42. The van der Waals surface area contributed by atoms with Crippen molar-refractivity contribution in [3.05, 3.63) is 24.8 Å². The minimum atomic E-state index is 0.00625. The Morgan fingerprint density at radius 1 is 1.36 bits per heavy atom. The van der Waals surface area contributed by atoms with Crippen molar-refractivity contribution >= 4 is 5.91 Å². The van der Waals surface area contributed by atoms with Crippen molar-refractivity contribution in [1.29, 1.82) is 0 Å². The molecule has 0 spiro atoms. The maximum absolute atomic E-state index is 11.6. The molecule has 3 heteroatoms. The van der Waals surface area contributed by atoms with Crippen molar-refractivity contribution in [2.45, 2.75) is 6.92 Å². The third kappa shape index (κ3) is 4.82. The Morgan fingerprint density at radius 2 is 1.93 bits per heavy atom. The molecule has 0 aliphatic heterocycles. The van der Waals surface area contributed by atoms with Gasteiger partial charge in [-0.1, -0.05) is 12.7 Å². The van der Waals surface area contributed by atoms with E-state index in [1.165, 1.54) is 0 Å². The molecule has 0 bridgehead atoms. The molecule has 80 valence electrons. The molecule has 0 saturated carbocycles. The van der Waals surface area contributed by atoms with E-state index in [1.807, 2.05) is 19.0 Å². The van der Waals surface area contributed by atoms with Crippen molar-refractivity contribution in [1.82, 2.24) is 9.80 Å². The summed E-state index contributed by atoms with van der Waals surface area (Å²) in [6.07, 6.45) is 1.73. The summed E-state index contributed by atoms with van der Waals surface area (Å²) >= 11 is 0. The topological polar surface area (TPSA) is 23.6 Å². The molecule has 0 rings (SSSR count). The van der Waals surface area contributed by atoms with E-state index < -0.39 is 0 Å². The lowest BCUT2D eigenvalue weighted by Crippen LogP contribution is -2.37. The Kier molecular flexibility index (Phi) is 5.88. The van der Waals surface area contributed by atoms with Gasteiger partial charge >= 0.3 is 0 Å². The molecule has 1 amide bonds. The summed E-state index contributed by atoms with van der Waals surface area (Å²) < 4.78 is 0. The van der Waals surface area contributed by atoms with Crippen LogP contribution in [0.15, 0.2) is 24.8 Å². The van der Waals surface area contributed by atoms with Gasteiger partial charge < -0.3 is 9.80 Å². The molecule has 0 unspecified atom stereocenters. The molecule has 0 aliphatic rings. The number of carbonyl (C=O) groups is 1. The lowest BCUT2D eigenvalue weighted by Gasteiger charge is -2.23. The average Bonchev–Trinajstić information content (AvgIpc) is 2.10. The van der Waals surface area contributed by atoms with Gasteiger partial charge in [0.05, 0.1) is 0 Å². The first-order valence-electron chi connectivity index (χ1n) is 4.69. The second-order valence-electron chi connectivity index (χ2n) is 3.62. The number of hydrogen-bond acceptors (Lipinski definition) is 2. The molecule has 0 aromatic carbocycles. The monoisotopic (exact) mass is 196 g/mol. The Bertz CT molecular complexity index is 221. The number of carbonyl (C=O) groups excluding carboxylic acids is 1. The maximum atomic E-state index is 11.6. The molecule has 0 N–H and O–H groups in total. The fourth-order valence-electron chi connectivity index (χ4n) is 1.02. The summed E-state index contributed by atoms with van der Waals surface area (Å²) in [5.41, 5.74) is 0.575. The van der Waals surface area contributed by atoms with Gasteiger partial charge in [-0.05, 0) is 21.0 Å². The zero-order chi connectivity index (χ0) is 11.1. The molecule has 0 fully saturated rings. The van der Waals surface area contributed by atoms with E-state index >= 15 is 0 Å². The number of likely N-dealkylation sites (N-methyl/N-ethyl adjacent to an activating group) is 1. The van der Waals surface area contributed by atoms with Crippen LogP contribution in [0.5, 0.6) is 0 Å². The van der Waals surface area contributed by atoms with Gasteiger partial charge in [-0.3, -0.25) is 4.79 Å². The smallest absolute Gasteiger partial charge is 0.249 e. The van der Waals surface area contributed by atoms with Gasteiger partial charge in [0.1, 0.15) is 0 Å². The summed E-state index contributed by atoms with van der Waals surface area (Å²) in [4.78, 5) is 15.4. The van der Waals surface area contributed by atoms with Gasteiger partial charge in [-0.15, -0.1) is 6.58 Å². The van der Waals surface area contributed by atoms with E-state index in [4.69, 9.17) is 0 Å². The van der Waals surface area contributed by atoms with Gasteiger partial charge in [0.2, 0.25) is 5.91 Å². The number of rotatable bonds is 6. The maximum Gasteiger partial charge on any atom is 0.249 e. The van der Waals surface area contributed by atoms with E-state index in [9.17, 15) is 4.79 Å². The lowest BCUT2D eigenvalue weighted by molar-refractivity contribution is -0.126. The van der Waals surface area contributed by atoms with Crippen LogP contribution in [0.3, 0.4) is 0 Å². The minimum absolute atomic E-state index is 0.00625. The van der Waals surface area contributed by atoms with Gasteiger partial charge in [0, 0.05) is 25.2 Å². The van der Waals surface area contributed by atoms with Crippen LogP contribution in [0.25, 0.3) is 0 Å². The summed E-state index contributed by atoms with van der Waals surface area (Å²) in [5, 5.41) is 0. The van der Waals surface area contributed by atoms with E-state index in [-0.39, 0.29) is 5.91 Å². The molecular weight excluding hydrogens is 176 g/mol. The molecule has 0 radical (unpaired) electrons. The van der Waals surface area contributed by atoms with E-state index in [2.05, 4.69) is 13.2 Å². The zero-order valence-corrected chi connectivity index (χ0v) is 9.42. The summed E-state index contributed by atoms with van der Waals surface area (Å²) in [6, 6.07) is 0. The van der Waals surface area contributed by atoms with Gasteiger partial charge in [-0.25, -0.2) is 0 Å². The minimum Gasteiger partial charge on any atom is -0.334 e. The first-order valence-corrected chi connectivity index (χ1v) is 4.69. The van der Waals surface area contributed by atoms with Crippen LogP contribution >= 0.6 is 0 Å². The van der Waals surface area contributed by atoms with Gasteiger partial charge in [0.15, 0.2) is 0 Å². The normalized spacial score (nSPS) is 10.0. The SMILES string of the molecule is C=CCN(CCN(C)C)C(=O)C(=C)C. The van der Waals surface area contributed by atoms with Crippen molar-refractivity contribution in [2.75, 3.05) is 33.7 Å². The van der Waals surface area contributed by atoms with Crippen molar-refractivity contribution in [3.8, 4) is 0 Å². The fraction of sp³-hybridized carbons (Fsp3) is 0.545. The Labute approximate surface area is 86.7 Å². The Morgan fingerprint density at radius 3 is 2.29 bits per heavy atom. The predicted octanol–water partition coefficient (Wildman–Crippen LogP) is 1.14. The van der Waals surface area contributed by atoms with Gasteiger partial charge in [0.25, 0.3) is 0 Å². The standard InChI is InChI=1S/C11H20N2O/c1-6-7-13(9-8-12(4)5)11(14)10(2)3/h6H,1-2,7-9H2,3-5H3. The fourth-order valence-corrected chi connectivity index (χ4v) is 1.02. The van der Waals surface area contributed by atoms with Crippen molar-refractivity contribution in [2.24, 2.45) is 0 Å². The molecule has 0 atom stereocenters. The Balaban J connectivity index is 4.21. The van der Waals surface area contributed by atoms with Crippen molar-refractivity contribution < 1.29 is 4.79 Å². The third-order valence-electron chi connectivity index (χ3n) is 1.82. The molecule has 0 aromatic rings. The molecule has 0 saturated heterocycles. The number of hydrogen-bond donors (Lipinski definition) is 0. The highest BCUT2D eigenvalue weighted by molar-refractivity contribution is 5.92. The largest absolute Gasteiger partial charge is 0.334 e.